The fourth-order valence-corrected chi connectivity index (χ4v) is 2.10. The van der Waals surface area contributed by atoms with Crippen molar-refractivity contribution in [2.24, 2.45) is 0 Å². The van der Waals surface area contributed by atoms with Crippen molar-refractivity contribution in [3.8, 4) is 5.75 Å². The molecule has 0 spiro atoms. The fraction of sp³-hybridized carbons (Fsp3) is 0.176. The number of carbonyl (C=O) groups excluding carboxylic acids is 2. The first-order valence-electron chi connectivity index (χ1n) is 7.05. The van der Waals surface area contributed by atoms with Crippen LogP contribution in [0.15, 0.2) is 53.0 Å². The molecule has 0 heterocycles. The number of hydrogen-bond acceptors (Lipinski definition) is 3. The van der Waals surface area contributed by atoms with Gasteiger partial charge in [-0.05, 0) is 36.2 Å². The van der Waals surface area contributed by atoms with Crippen molar-refractivity contribution in [1.82, 2.24) is 10.9 Å². The number of halogens is 1. The van der Waals surface area contributed by atoms with Gasteiger partial charge in [0.1, 0.15) is 5.75 Å². The van der Waals surface area contributed by atoms with Crippen molar-refractivity contribution in [1.29, 1.82) is 0 Å². The van der Waals surface area contributed by atoms with Gasteiger partial charge in [0, 0.05) is 4.47 Å². The standard InChI is InChI=1S/C17H17BrN2O3/c1-12-9-14(7-8-15(12)18)23-11-17(22)20-19-16(21)10-13-5-3-2-4-6-13/h2-9H,10-11H2,1H3,(H,19,21)(H,20,22). The lowest BCUT2D eigenvalue weighted by atomic mass is 10.1. The van der Waals surface area contributed by atoms with E-state index in [-0.39, 0.29) is 18.9 Å². The zero-order chi connectivity index (χ0) is 16.7. The fourth-order valence-electron chi connectivity index (χ4n) is 1.86. The number of benzene rings is 2. The van der Waals surface area contributed by atoms with Crippen molar-refractivity contribution in [3.05, 3.63) is 64.1 Å². The zero-order valence-corrected chi connectivity index (χ0v) is 14.2. The summed E-state index contributed by atoms with van der Waals surface area (Å²) in [6.07, 6.45) is 0.202. The highest BCUT2D eigenvalue weighted by atomic mass is 79.9. The molecule has 0 saturated heterocycles. The van der Waals surface area contributed by atoms with E-state index >= 15 is 0 Å². The smallest absolute Gasteiger partial charge is 0.276 e. The molecule has 2 aromatic carbocycles. The minimum absolute atomic E-state index is 0.174. The molecule has 0 aliphatic heterocycles. The summed E-state index contributed by atoms with van der Waals surface area (Å²) in [5.41, 5.74) is 6.58. The second-order valence-electron chi connectivity index (χ2n) is 4.96. The summed E-state index contributed by atoms with van der Waals surface area (Å²) in [5.74, 6) is -0.118. The van der Waals surface area contributed by atoms with Crippen LogP contribution in [0.1, 0.15) is 11.1 Å². The Labute approximate surface area is 143 Å². The van der Waals surface area contributed by atoms with Gasteiger partial charge in [0.25, 0.3) is 5.91 Å². The first kappa shape index (κ1) is 17.0. The van der Waals surface area contributed by atoms with Crippen molar-refractivity contribution < 1.29 is 14.3 Å². The minimum atomic E-state index is -0.424. The molecular formula is C17H17BrN2O3. The second-order valence-corrected chi connectivity index (χ2v) is 5.81. The maximum atomic E-state index is 11.7. The van der Waals surface area contributed by atoms with E-state index in [1.165, 1.54) is 0 Å². The van der Waals surface area contributed by atoms with E-state index in [1.54, 1.807) is 6.07 Å². The van der Waals surface area contributed by atoms with Gasteiger partial charge in [0.05, 0.1) is 6.42 Å². The van der Waals surface area contributed by atoms with E-state index < -0.39 is 5.91 Å². The van der Waals surface area contributed by atoms with E-state index in [4.69, 9.17) is 4.74 Å². The summed E-state index contributed by atoms with van der Waals surface area (Å²) in [7, 11) is 0. The molecule has 0 radical (unpaired) electrons. The summed E-state index contributed by atoms with van der Waals surface area (Å²) in [6, 6.07) is 14.7. The average Bonchev–Trinajstić information content (AvgIpc) is 2.55. The van der Waals surface area contributed by atoms with Gasteiger partial charge in [-0.2, -0.15) is 0 Å². The Kier molecular flexibility index (Phi) is 6.17. The molecule has 120 valence electrons. The van der Waals surface area contributed by atoms with Crippen LogP contribution < -0.4 is 15.6 Å². The van der Waals surface area contributed by atoms with Crippen LogP contribution in [-0.4, -0.2) is 18.4 Å². The minimum Gasteiger partial charge on any atom is -0.484 e. The zero-order valence-electron chi connectivity index (χ0n) is 12.6. The second kappa shape index (κ2) is 8.33. The summed E-state index contributed by atoms with van der Waals surface area (Å²) in [5, 5.41) is 0. The number of hydrazine groups is 1. The summed E-state index contributed by atoms with van der Waals surface area (Å²) >= 11 is 3.39. The molecule has 6 heteroatoms. The van der Waals surface area contributed by atoms with Crippen LogP contribution in [0.5, 0.6) is 5.75 Å². The maximum Gasteiger partial charge on any atom is 0.276 e. The quantitative estimate of drug-likeness (QED) is 0.787. The van der Waals surface area contributed by atoms with E-state index in [0.717, 1.165) is 15.6 Å². The van der Waals surface area contributed by atoms with E-state index in [1.807, 2.05) is 49.4 Å². The molecule has 0 atom stereocenters. The molecule has 23 heavy (non-hydrogen) atoms. The first-order chi connectivity index (χ1) is 11.0. The first-order valence-corrected chi connectivity index (χ1v) is 7.84. The molecule has 0 aromatic heterocycles. The van der Waals surface area contributed by atoms with Crippen LogP contribution in [0.25, 0.3) is 0 Å². The lowest BCUT2D eigenvalue weighted by Crippen LogP contribution is -2.44. The number of rotatable bonds is 5. The predicted octanol–water partition coefficient (Wildman–Crippen LogP) is 2.53. The molecule has 2 N–H and O–H groups in total. The molecule has 2 aromatic rings. The van der Waals surface area contributed by atoms with Crippen molar-refractivity contribution in [3.63, 3.8) is 0 Å². The molecule has 0 aliphatic carbocycles. The SMILES string of the molecule is Cc1cc(OCC(=O)NNC(=O)Cc2ccccc2)ccc1Br. The number of nitrogens with one attached hydrogen (secondary N) is 2. The molecule has 2 amide bonds. The number of amides is 2. The molecular weight excluding hydrogens is 360 g/mol. The van der Waals surface area contributed by atoms with Gasteiger partial charge in [0.2, 0.25) is 5.91 Å². The Morgan fingerprint density at radius 3 is 2.43 bits per heavy atom. The van der Waals surface area contributed by atoms with E-state index in [9.17, 15) is 9.59 Å². The highest BCUT2D eigenvalue weighted by Crippen LogP contribution is 2.21. The Morgan fingerprint density at radius 2 is 1.74 bits per heavy atom. The molecule has 0 unspecified atom stereocenters. The topological polar surface area (TPSA) is 67.4 Å². The van der Waals surface area contributed by atoms with E-state index in [2.05, 4.69) is 26.8 Å². The predicted molar refractivity (Wildman–Crippen MR) is 90.8 cm³/mol. The molecule has 0 aliphatic rings. The Balaban J connectivity index is 1.72. The van der Waals surface area contributed by atoms with Gasteiger partial charge in [-0.25, -0.2) is 0 Å². The third kappa shape index (κ3) is 5.75. The monoisotopic (exact) mass is 376 g/mol. The van der Waals surface area contributed by atoms with Crippen LogP contribution in [0.4, 0.5) is 0 Å². The molecule has 0 fully saturated rings. The van der Waals surface area contributed by atoms with Gasteiger partial charge in [-0.3, -0.25) is 20.4 Å². The lowest BCUT2D eigenvalue weighted by molar-refractivity contribution is -0.129. The molecule has 0 bridgehead atoms. The van der Waals surface area contributed by atoms with Gasteiger partial charge >= 0.3 is 0 Å². The maximum absolute atomic E-state index is 11.7. The van der Waals surface area contributed by atoms with Gasteiger partial charge in [0.15, 0.2) is 6.61 Å². The van der Waals surface area contributed by atoms with Crippen molar-refractivity contribution >= 4 is 27.7 Å². The van der Waals surface area contributed by atoms with Crippen LogP contribution in [0, 0.1) is 6.92 Å². The van der Waals surface area contributed by atoms with Crippen LogP contribution >= 0.6 is 15.9 Å². The Morgan fingerprint density at radius 1 is 1.04 bits per heavy atom. The van der Waals surface area contributed by atoms with Crippen LogP contribution in [0.3, 0.4) is 0 Å². The highest BCUT2D eigenvalue weighted by molar-refractivity contribution is 9.10. The lowest BCUT2D eigenvalue weighted by Gasteiger charge is -2.09. The molecule has 5 nitrogen and oxygen atoms in total. The molecule has 0 saturated carbocycles. The average molecular weight is 377 g/mol. The third-order valence-corrected chi connectivity index (χ3v) is 3.94. The van der Waals surface area contributed by atoms with E-state index in [0.29, 0.717) is 5.75 Å². The molecule has 2 rings (SSSR count). The summed E-state index contributed by atoms with van der Waals surface area (Å²) in [4.78, 5) is 23.4. The summed E-state index contributed by atoms with van der Waals surface area (Å²) < 4.78 is 6.34. The highest BCUT2D eigenvalue weighted by Gasteiger charge is 2.07. The number of hydrogen-bond donors (Lipinski definition) is 2. The summed E-state index contributed by atoms with van der Waals surface area (Å²) in [6.45, 7) is 1.76. The Hall–Kier alpha value is -2.34. The van der Waals surface area contributed by atoms with Crippen molar-refractivity contribution in [2.45, 2.75) is 13.3 Å². The Bertz CT molecular complexity index is 689. The van der Waals surface area contributed by atoms with Crippen LogP contribution in [0.2, 0.25) is 0 Å². The van der Waals surface area contributed by atoms with Gasteiger partial charge < -0.3 is 4.74 Å². The normalized spacial score (nSPS) is 10.0. The number of ether oxygens (including phenoxy) is 1. The number of aryl methyl sites for hydroxylation is 1. The van der Waals surface area contributed by atoms with Crippen molar-refractivity contribution in [2.75, 3.05) is 6.61 Å². The third-order valence-electron chi connectivity index (χ3n) is 3.05. The van der Waals surface area contributed by atoms with Crippen LogP contribution in [-0.2, 0) is 16.0 Å². The number of carbonyl (C=O) groups is 2. The van der Waals surface area contributed by atoms with Gasteiger partial charge in [-0.15, -0.1) is 0 Å². The largest absolute Gasteiger partial charge is 0.484 e. The van der Waals surface area contributed by atoms with Gasteiger partial charge in [-0.1, -0.05) is 46.3 Å².